The number of amides is 2. The molecule has 8 nitrogen and oxygen atoms in total. The Morgan fingerprint density at radius 3 is 2.93 bits per heavy atom. The zero-order valence-electron chi connectivity index (χ0n) is 16.8. The van der Waals surface area contributed by atoms with Crippen molar-refractivity contribution in [3.63, 3.8) is 0 Å². The minimum Gasteiger partial charge on any atom is -0.442 e. The first-order chi connectivity index (χ1) is 13.8. The topological polar surface area (TPSA) is 91.3 Å². The van der Waals surface area contributed by atoms with E-state index in [0.717, 1.165) is 0 Å². The summed E-state index contributed by atoms with van der Waals surface area (Å²) in [7, 11) is 0. The van der Waals surface area contributed by atoms with Crippen molar-refractivity contribution in [2.75, 3.05) is 49.2 Å². The molecule has 2 amide bonds. The van der Waals surface area contributed by atoms with E-state index in [4.69, 9.17) is 14.6 Å². The quantitative estimate of drug-likeness (QED) is 0.712. The van der Waals surface area contributed by atoms with E-state index in [1.165, 1.54) is 17.9 Å². The Morgan fingerprint density at radius 1 is 1.45 bits per heavy atom. The number of carbonyl (C=O) groups excluding carboxylic acids is 2. The first-order valence-corrected chi connectivity index (χ1v) is 9.83. The van der Waals surface area contributed by atoms with Crippen molar-refractivity contribution >= 4 is 23.4 Å². The van der Waals surface area contributed by atoms with Crippen LogP contribution in [-0.4, -0.2) is 68.2 Å². The summed E-state index contributed by atoms with van der Waals surface area (Å²) in [5.41, 5.74) is 0.425. The van der Waals surface area contributed by atoms with Gasteiger partial charge in [-0.05, 0) is 38.0 Å². The van der Waals surface area contributed by atoms with Gasteiger partial charge in [0.25, 0.3) is 0 Å². The van der Waals surface area contributed by atoms with E-state index in [1.807, 2.05) is 11.8 Å². The Kier molecular flexibility index (Phi) is 6.59. The van der Waals surface area contributed by atoms with Crippen LogP contribution in [0.5, 0.6) is 0 Å². The van der Waals surface area contributed by atoms with Gasteiger partial charge in [-0.25, -0.2) is 9.18 Å². The summed E-state index contributed by atoms with van der Waals surface area (Å²) in [6, 6.07) is 4.69. The van der Waals surface area contributed by atoms with Gasteiger partial charge in [0, 0.05) is 26.6 Å². The van der Waals surface area contributed by atoms with Crippen LogP contribution in [0.25, 0.3) is 0 Å². The second-order valence-electron chi connectivity index (χ2n) is 7.74. The molecule has 2 aliphatic heterocycles. The van der Waals surface area contributed by atoms with Crippen LogP contribution in [0.1, 0.15) is 26.7 Å². The minimum atomic E-state index is -0.560. The van der Waals surface area contributed by atoms with E-state index in [-0.39, 0.29) is 25.6 Å². The summed E-state index contributed by atoms with van der Waals surface area (Å²) < 4.78 is 26.0. The Morgan fingerprint density at radius 2 is 2.24 bits per heavy atom. The summed E-state index contributed by atoms with van der Waals surface area (Å²) in [6.45, 7) is 5.49. The zero-order valence-corrected chi connectivity index (χ0v) is 16.8. The number of benzene rings is 1. The molecule has 2 atom stereocenters. The second kappa shape index (κ2) is 8.96. The first kappa shape index (κ1) is 21.3. The highest BCUT2D eigenvalue weighted by Crippen LogP contribution is 2.31. The van der Waals surface area contributed by atoms with Crippen molar-refractivity contribution < 1.29 is 28.6 Å². The summed E-state index contributed by atoms with van der Waals surface area (Å²) >= 11 is 0. The fraction of sp³-hybridized carbons (Fsp3) is 0.600. The number of nitrogens with one attached hydrogen (secondary N) is 1. The molecule has 3 rings (SSSR count). The lowest BCUT2D eigenvalue weighted by molar-refractivity contribution is -0.119. The summed E-state index contributed by atoms with van der Waals surface area (Å²) in [5, 5.41) is 11.7. The van der Waals surface area contributed by atoms with E-state index < -0.39 is 23.6 Å². The standard InChI is InChI=1S/C20H28FN3O5/c1-14(26)22-11-16-12-24(19(27)29-16)15-4-5-18(17(21)10-15)23-7-9-28-20(2,13-23)6-3-8-25/h4-5,10,16,25H,3,6-9,11-13H2,1-2H3,(H,22,26)/t16-,20?/m0/s1. The molecule has 1 aromatic carbocycles. The number of carbonyl (C=O) groups is 2. The van der Waals surface area contributed by atoms with Gasteiger partial charge in [-0.2, -0.15) is 0 Å². The number of nitrogens with zero attached hydrogens (tertiary/aromatic N) is 2. The molecule has 0 aromatic heterocycles. The normalized spacial score (nSPS) is 24.6. The van der Waals surface area contributed by atoms with Gasteiger partial charge in [0.05, 0.1) is 36.7 Å². The lowest BCUT2D eigenvalue weighted by Crippen LogP contribution is -2.50. The van der Waals surface area contributed by atoms with Crippen molar-refractivity contribution in [1.82, 2.24) is 5.32 Å². The van der Waals surface area contributed by atoms with E-state index in [1.54, 1.807) is 12.1 Å². The van der Waals surface area contributed by atoms with Crippen LogP contribution in [0.3, 0.4) is 0 Å². The predicted molar refractivity (Wildman–Crippen MR) is 106 cm³/mol. The van der Waals surface area contributed by atoms with Crippen LogP contribution in [0, 0.1) is 5.82 Å². The van der Waals surface area contributed by atoms with Crippen LogP contribution in [-0.2, 0) is 14.3 Å². The minimum absolute atomic E-state index is 0.0941. The molecule has 0 radical (unpaired) electrons. The molecule has 0 saturated carbocycles. The maximum atomic E-state index is 14.9. The van der Waals surface area contributed by atoms with E-state index in [0.29, 0.717) is 43.9 Å². The van der Waals surface area contributed by atoms with Crippen LogP contribution in [0.2, 0.25) is 0 Å². The Labute approximate surface area is 169 Å². The van der Waals surface area contributed by atoms with Crippen LogP contribution in [0.15, 0.2) is 18.2 Å². The van der Waals surface area contributed by atoms with Crippen molar-refractivity contribution in [1.29, 1.82) is 0 Å². The van der Waals surface area contributed by atoms with Crippen molar-refractivity contribution in [3.8, 4) is 0 Å². The summed E-state index contributed by atoms with van der Waals surface area (Å²) in [6.07, 6.45) is 0.286. The highest BCUT2D eigenvalue weighted by Gasteiger charge is 2.35. The average molecular weight is 409 g/mol. The van der Waals surface area contributed by atoms with Gasteiger partial charge in [-0.15, -0.1) is 0 Å². The van der Waals surface area contributed by atoms with Gasteiger partial charge in [0.2, 0.25) is 5.91 Å². The number of ether oxygens (including phenoxy) is 2. The molecule has 2 heterocycles. The number of morpholine rings is 1. The fourth-order valence-corrected chi connectivity index (χ4v) is 3.76. The number of anilines is 2. The number of hydrogen-bond acceptors (Lipinski definition) is 6. The maximum absolute atomic E-state index is 14.9. The lowest BCUT2D eigenvalue weighted by atomic mass is 9.97. The second-order valence-corrected chi connectivity index (χ2v) is 7.74. The summed E-state index contributed by atoms with van der Waals surface area (Å²) in [4.78, 5) is 26.5. The van der Waals surface area contributed by atoms with Crippen molar-refractivity contribution in [3.05, 3.63) is 24.0 Å². The smallest absolute Gasteiger partial charge is 0.414 e. The third kappa shape index (κ3) is 5.16. The van der Waals surface area contributed by atoms with Crippen LogP contribution < -0.4 is 15.1 Å². The largest absolute Gasteiger partial charge is 0.442 e. The third-order valence-electron chi connectivity index (χ3n) is 5.24. The fourth-order valence-electron chi connectivity index (χ4n) is 3.76. The van der Waals surface area contributed by atoms with Gasteiger partial charge in [-0.3, -0.25) is 9.69 Å². The number of halogens is 1. The van der Waals surface area contributed by atoms with Crippen LogP contribution >= 0.6 is 0 Å². The average Bonchev–Trinajstić information content (AvgIpc) is 3.05. The molecule has 29 heavy (non-hydrogen) atoms. The SMILES string of the molecule is CC(=O)NC[C@H]1CN(c2ccc(N3CCOC(C)(CCCO)C3)c(F)c2)C(=O)O1. The van der Waals surface area contributed by atoms with Crippen molar-refractivity contribution in [2.45, 2.75) is 38.4 Å². The van der Waals surface area contributed by atoms with Gasteiger partial charge >= 0.3 is 6.09 Å². The molecule has 2 N–H and O–H groups in total. The van der Waals surface area contributed by atoms with Gasteiger partial charge in [0.15, 0.2) is 0 Å². The maximum Gasteiger partial charge on any atom is 0.414 e. The molecule has 9 heteroatoms. The van der Waals surface area contributed by atoms with E-state index >= 15 is 0 Å². The van der Waals surface area contributed by atoms with Gasteiger partial charge in [0.1, 0.15) is 11.9 Å². The molecule has 2 fully saturated rings. The Hall–Kier alpha value is -2.39. The Balaban J connectivity index is 1.69. The number of hydrogen-bond donors (Lipinski definition) is 2. The number of cyclic esters (lactones) is 1. The van der Waals surface area contributed by atoms with Gasteiger partial charge in [-0.1, -0.05) is 0 Å². The number of rotatable bonds is 7. The predicted octanol–water partition coefficient (Wildman–Crippen LogP) is 1.65. The van der Waals surface area contributed by atoms with Crippen LogP contribution in [0.4, 0.5) is 20.6 Å². The highest BCUT2D eigenvalue weighted by molar-refractivity contribution is 5.90. The highest BCUT2D eigenvalue weighted by atomic mass is 19.1. The third-order valence-corrected chi connectivity index (χ3v) is 5.24. The molecule has 1 aromatic rings. The van der Waals surface area contributed by atoms with E-state index in [2.05, 4.69) is 5.32 Å². The number of aliphatic hydroxyl groups is 1. The Bertz CT molecular complexity index is 762. The van der Waals surface area contributed by atoms with Gasteiger partial charge < -0.3 is 24.8 Å². The molecule has 0 spiro atoms. The molecule has 2 saturated heterocycles. The van der Waals surface area contributed by atoms with E-state index in [9.17, 15) is 14.0 Å². The molecule has 160 valence electrons. The molecular formula is C20H28FN3O5. The lowest BCUT2D eigenvalue weighted by Gasteiger charge is -2.42. The molecule has 0 bridgehead atoms. The van der Waals surface area contributed by atoms with Crippen molar-refractivity contribution in [2.24, 2.45) is 0 Å². The molecule has 1 unspecified atom stereocenters. The molecular weight excluding hydrogens is 381 g/mol. The molecule has 2 aliphatic rings. The first-order valence-electron chi connectivity index (χ1n) is 9.83. The summed E-state index contributed by atoms with van der Waals surface area (Å²) in [5.74, 6) is -0.626. The monoisotopic (exact) mass is 409 g/mol. The molecule has 0 aliphatic carbocycles. The zero-order chi connectivity index (χ0) is 21.0. The number of aliphatic hydroxyl groups excluding tert-OH is 1.